The first-order chi connectivity index (χ1) is 9.62. The van der Waals surface area contributed by atoms with Crippen LogP contribution in [0, 0.1) is 0 Å². The van der Waals surface area contributed by atoms with Crippen molar-refractivity contribution in [2.24, 2.45) is 10.8 Å². The average molecular weight is 294 g/mol. The maximum Gasteiger partial charge on any atom is 0.184 e. The Hall–Kier alpha value is -1.82. The second kappa shape index (κ2) is 8.37. The number of benzene rings is 1. The van der Waals surface area contributed by atoms with E-state index in [1.165, 1.54) is 0 Å². The maximum atomic E-state index is 5.66. The van der Waals surface area contributed by atoms with Gasteiger partial charge in [-0.25, -0.2) is 0 Å². The molecule has 6 heteroatoms. The lowest BCUT2D eigenvalue weighted by molar-refractivity contribution is 0.340. The van der Waals surface area contributed by atoms with Crippen LogP contribution in [0.5, 0.6) is 5.75 Å². The number of hydrogen-bond acceptors (Lipinski definition) is 4. The monoisotopic (exact) mass is 294 g/mol. The molecule has 3 N–H and O–H groups in total. The van der Waals surface area contributed by atoms with Crippen LogP contribution < -0.4 is 20.8 Å². The SMILES string of the molecule is CCOc1cc(N(CC)CC)ccc1C=NNC(N)=S. The Morgan fingerprint density at radius 1 is 1.40 bits per heavy atom. The maximum absolute atomic E-state index is 5.66. The third kappa shape index (κ3) is 4.70. The Bertz CT molecular complexity index is 472. The van der Waals surface area contributed by atoms with Crippen molar-refractivity contribution in [2.75, 3.05) is 24.6 Å². The van der Waals surface area contributed by atoms with Gasteiger partial charge in [-0.05, 0) is 45.1 Å². The fourth-order valence-electron chi connectivity index (χ4n) is 1.86. The number of nitrogens with two attached hydrogens (primary N) is 1. The third-order valence-corrected chi connectivity index (χ3v) is 2.90. The predicted molar refractivity (Wildman–Crippen MR) is 88.7 cm³/mol. The van der Waals surface area contributed by atoms with Crippen molar-refractivity contribution in [1.82, 2.24) is 5.43 Å². The first kappa shape index (κ1) is 16.2. The minimum atomic E-state index is 0.138. The van der Waals surface area contributed by atoms with E-state index in [9.17, 15) is 0 Å². The average Bonchev–Trinajstić information content (AvgIpc) is 2.42. The molecule has 0 radical (unpaired) electrons. The molecule has 0 saturated carbocycles. The van der Waals surface area contributed by atoms with Gasteiger partial charge in [-0.1, -0.05) is 0 Å². The van der Waals surface area contributed by atoms with Gasteiger partial charge in [0.05, 0.1) is 12.8 Å². The van der Waals surface area contributed by atoms with Crippen molar-refractivity contribution in [2.45, 2.75) is 20.8 Å². The lowest BCUT2D eigenvalue weighted by atomic mass is 10.2. The van der Waals surface area contributed by atoms with Gasteiger partial charge in [0.25, 0.3) is 0 Å². The molecule has 0 fully saturated rings. The lowest BCUT2D eigenvalue weighted by Gasteiger charge is -2.22. The van der Waals surface area contributed by atoms with Crippen molar-refractivity contribution in [1.29, 1.82) is 0 Å². The summed E-state index contributed by atoms with van der Waals surface area (Å²) in [5, 5.41) is 4.10. The molecule has 0 bridgehead atoms. The summed E-state index contributed by atoms with van der Waals surface area (Å²) in [7, 11) is 0. The number of nitrogens with zero attached hydrogens (tertiary/aromatic N) is 2. The van der Waals surface area contributed by atoms with E-state index in [4.69, 9.17) is 22.7 Å². The van der Waals surface area contributed by atoms with E-state index in [0.29, 0.717) is 6.61 Å². The van der Waals surface area contributed by atoms with Crippen LogP contribution in [-0.2, 0) is 0 Å². The van der Waals surface area contributed by atoms with E-state index in [0.717, 1.165) is 30.1 Å². The van der Waals surface area contributed by atoms with E-state index in [1.807, 2.05) is 19.1 Å². The molecule has 110 valence electrons. The Morgan fingerprint density at radius 2 is 2.10 bits per heavy atom. The molecular formula is C14H22N4OS. The van der Waals surface area contributed by atoms with E-state index < -0.39 is 0 Å². The molecule has 0 spiro atoms. The summed E-state index contributed by atoms with van der Waals surface area (Å²) in [6.07, 6.45) is 1.65. The molecule has 0 heterocycles. The van der Waals surface area contributed by atoms with Gasteiger partial charge < -0.3 is 15.4 Å². The Kier molecular flexibility index (Phi) is 6.79. The van der Waals surface area contributed by atoms with E-state index in [1.54, 1.807) is 6.21 Å². The fourth-order valence-corrected chi connectivity index (χ4v) is 1.91. The Morgan fingerprint density at radius 3 is 2.65 bits per heavy atom. The lowest BCUT2D eigenvalue weighted by Crippen LogP contribution is -2.24. The number of thiocarbonyl (C=S) groups is 1. The molecule has 0 aliphatic carbocycles. The fraction of sp³-hybridized carbons (Fsp3) is 0.429. The molecule has 0 aromatic heterocycles. The number of hydrogen-bond donors (Lipinski definition) is 2. The summed E-state index contributed by atoms with van der Waals surface area (Å²) >= 11 is 4.70. The summed E-state index contributed by atoms with van der Waals surface area (Å²) in [6, 6.07) is 6.06. The largest absolute Gasteiger partial charge is 0.493 e. The van der Waals surface area contributed by atoms with Crippen molar-refractivity contribution in [3.63, 3.8) is 0 Å². The smallest absolute Gasteiger partial charge is 0.184 e. The first-order valence-electron chi connectivity index (χ1n) is 6.72. The molecular weight excluding hydrogens is 272 g/mol. The van der Waals surface area contributed by atoms with Gasteiger partial charge in [-0.2, -0.15) is 5.10 Å². The normalized spacial score (nSPS) is 10.6. The minimum absolute atomic E-state index is 0.138. The van der Waals surface area contributed by atoms with Gasteiger partial charge in [-0.3, -0.25) is 5.43 Å². The van der Waals surface area contributed by atoms with Gasteiger partial charge in [-0.15, -0.1) is 0 Å². The quantitative estimate of drug-likeness (QED) is 0.458. The molecule has 0 aliphatic heterocycles. The Balaban J connectivity index is 3.00. The highest BCUT2D eigenvalue weighted by Gasteiger charge is 2.07. The van der Waals surface area contributed by atoms with Crippen LogP contribution in [0.3, 0.4) is 0 Å². The molecule has 1 aromatic rings. The van der Waals surface area contributed by atoms with Gasteiger partial charge in [0.1, 0.15) is 5.75 Å². The number of hydrazone groups is 1. The summed E-state index contributed by atoms with van der Waals surface area (Å²) < 4.78 is 5.66. The molecule has 1 aromatic carbocycles. The van der Waals surface area contributed by atoms with Crippen LogP contribution in [0.4, 0.5) is 5.69 Å². The molecule has 0 saturated heterocycles. The Labute approximate surface area is 125 Å². The van der Waals surface area contributed by atoms with Crippen LogP contribution in [0.15, 0.2) is 23.3 Å². The van der Waals surface area contributed by atoms with Crippen molar-refractivity contribution >= 4 is 29.2 Å². The van der Waals surface area contributed by atoms with Crippen LogP contribution in [0.25, 0.3) is 0 Å². The highest BCUT2D eigenvalue weighted by atomic mass is 32.1. The summed E-state index contributed by atoms with van der Waals surface area (Å²) in [5.74, 6) is 0.797. The summed E-state index contributed by atoms with van der Waals surface area (Å²) in [5.41, 5.74) is 9.88. The first-order valence-corrected chi connectivity index (χ1v) is 7.13. The second-order valence-electron chi connectivity index (χ2n) is 4.06. The zero-order valence-electron chi connectivity index (χ0n) is 12.2. The van der Waals surface area contributed by atoms with Crippen LogP contribution in [0.1, 0.15) is 26.3 Å². The molecule has 0 amide bonds. The van der Waals surface area contributed by atoms with Gasteiger partial charge in [0, 0.05) is 30.4 Å². The van der Waals surface area contributed by atoms with Crippen molar-refractivity contribution in [3.8, 4) is 5.75 Å². The molecule has 0 atom stereocenters. The van der Waals surface area contributed by atoms with Gasteiger partial charge >= 0.3 is 0 Å². The standard InChI is InChI=1S/C14H22N4OS/c1-4-18(5-2)12-8-7-11(10-16-17-14(15)20)13(9-12)19-6-3/h7-10H,4-6H2,1-3H3,(H3,15,17,20). The molecule has 0 unspecified atom stereocenters. The van der Waals surface area contributed by atoms with Crippen molar-refractivity contribution in [3.05, 3.63) is 23.8 Å². The zero-order chi connectivity index (χ0) is 15.0. The zero-order valence-corrected chi connectivity index (χ0v) is 13.0. The molecule has 20 heavy (non-hydrogen) atoms. The highest BCUT2D eigenvalue weighted by Crippen LogP contribution is 2.25. The van der Waals surface area contributed by atoms with Gasteiger partial charge in [0.15, 0.2) is 5.11 Å². The van der Waals surface area contributed by atoms with Crippen LogP contribution >= 0.6 is 12.2 Å². The summed E-state index contributed by atoms with van der Waals surface area (Å²) in [4.78, 5) is 2.26. The van der Waals surface area contributed by atoms with Crippen molar-refractivity contribution < 1.29 is 4.74 Å². The number of anilines is 1. The number of ether oxygens (including phenoxy) is 1. The molecule has 1 rings (SSSR count). The predicted octanol–water partition coefficient (Wildman–Crippen LogP) is 2.10. The van der Waals surface area contributed by atoms with Crippen LogP contribution in [-0.4, -0.2) is 31.0 Å². The third-order valence-electron chi connectivity index (χ3n) is 2.80. The minimum Gasteiger partial charge on any atom is -0.493 e. The number of rotatable bonds is 7. The molecule has 5 nitrogen and oxygen atoms in total. The van der Waals surface area contributed by atoms with Crippen LogP contribution in [0.2, 0.25) is 0 Å². The van der Waals surface area contributed by atoms with E-state index in [-0.39, 0.29) is 5.11 Å². The topological polar surface area (TPSA) is 62.9 Å². The number of nitrogens with one attached hydrogen (secondary N) is 1. The van der Waals surface area contributed by atoms with Gasteiger partial charge in [0.2, 0.25) is 0 Å². The van der Waals surface area contributed by atoms with E-state index >= 15 is 0 Å². The van der Waals surface area contributed by atoms with E-state index in [2.05, 4.69) is 35.3 Å². The second-order valence-corrected chi connectivity index (χ2v) is 4.50. The highest BCUT2D eigenvalue weighted by molar-refractivity contribution is 7.80. The summed E-state index contributed by atoms with van der Waals surface area (Å²) in [6.45, 7) is 8.73. The molecule has 0 aliphatic rings.